The minimum atomic E-state index is -0.665. The van der Waals surface area contributed by atoms with E-state index in [4.69, 9.17) is 16.3 Å². The van der Waals surface area contributed by atoms with E-state index in [0.29, 0.717) is 10.8 Å². The number of aromatic hydroxyl groups is 1. The maximum absolute atomic E-state index is 11.3. The van der Waals surface area contributed by atoms with E-state index >= 15 is 0 Å². The van der Waals surface area contributed by atoms with Gasteiger partial charge in [0.25, 0.3) is 0 Å². The molecule has 0 atom stereocenters. The van der Waals surface area contributed by atoms with Crippen molar-refractivity contribution in [2.24, 2.45) is 0 Å². The first-order valence-corrected chi connectivity index (χ1v) is 7.59. The van der Waals surface area contributed by atoms with Crippen molar-refractivity contribution >= 4 is 22.4 Å². The number of hydrogen-bond donors (Lipinski definition) is 1. The second kappa shape index (κ2) is 5.91. The van der Waals surface area contributed by atoms with E-state index in [1.165, 1.54) is 7.11 Å². The summed E-state index contributed by atoms with van der Waals surface area (Å²) < 4.78 is 16.3. The fourth-order valence-electron chi connectivity index (χ4n) is 1.97. The first kappa shape index (κ1) is 13.6. The van der Waals surface area contributed by atoms with Gasteiger partial charge in [0.1, 0.15) is 0 Å². The Labute approximate surface area is 114 Å². The van der Waals surface area contributed by atoms with Crippen LogP contribution in [-0.4, -0.2) is 45.9 Å². The van der Waals surface area contributed by atoms with Crippen LogP contribution in [0.4, 0.5) is 0 Å². The maximum Gasteiger partial charge on any atom is 0.176 e. The summed E-state index contributed by atoms with van der Waals surface area (Å²) in [6.07, 6.45) is 0. The minimum absolute atomic E-state index is 0.0253. The summed E-state index contributed by atoms with van der Waals surface area (Å²) in [5, 5.41) is 9.95. The number of rotatable bonds is 3. The van der Waals surface area contributed by atoms with Crippen molar-refractivity contribution in [2.75, 3.05) is 31.7 Å². The molecule has 0 amide bonds. The Morgan fingerprint density at radius 2 is 2.11 bits per heavy atom. The number of hydrogen-bond acceptors (Lipinski definition) is 4. The van der Waals surface area contributed by atoms with E-state index in [1.54, 1.807) is 12.1 Å². The highest BCUT2D eigenvalue weighted by molar-refractivity contribution is 7.85. The average molecular weight is 290 g/mol. The third kappa shape index (κ3) is 3.16. The Hall–Kier alpha value is -0.780. The molecule has 18 heavy (non-hydrogen) atoms. The zero-order valence-electron chi connectivity index (χ0n) is 10.2. The fourth-order valence-corrected chi connectivity index (χ4v) is 3.33. The predicted octanol–water partition coefficient (Wildman–Crippen LogP) is 1.62. The van der Waals surface area contributed by atoms with E-state index in [-0.39, 0.29) is 5.75 Å². The van der Waals surface area contributed by atoms with Crippen molar-refractivity contribution in [1.82, 2.24) is 4.90 Å². The largest absolute Gasteiger partial charge is 0.503 e. The van der Waals surface area contributed by atoms with Gasteiger partial charge in [-0.2, -0.15) is 0 Å². The first-order valence-electron chi connectivity index (χ1n) is 5.73. The number of halogens is 1. The Kier molecular flexibility index (Phi) is 4.48. The smallest absolute Gasteiger partial charge is 0.176 e. The summed E-state index contributed by atoms with van der Waals surface area (Å²) in [4.78, 5) is 2.23. The van der Waals surface area contributed by atoms with Gasteiger partial charge in [0, 0.05) is 41.9 Å². The molecule has 0 radical (unpaired) electrons. The summed E-state index contributed by atoms with van der Waals surface area (Å²) in [5.41, 5.74) is 0.988. The molecule has 0 aliphatic carbocycles. The maximum atomic E-state index is 11.3. The molecule has 0 aromatic heterocycles. The molecule has 1 aromatic rings. The van der Waals surface area contributed by atoms with Crippen molar-refractivity contribution < 1.29 is 14.1 Å². The molecule has 0 spiro atoms. The van der Waals surface area contributed by atoms with Gasteiger partial charge in [-0.3, -0.25) is 9.11 Å². The van der Waals surface area contributed by atoms with Crippen LogP contribution >= 0.6 is 11.6 Å². The molecule has 1 aromatic carbocycles. The van der Waals surface area contributed by atoms with Gasteiger partial charge in [-0.05, 0) is 17.7 Å². The zero-order chi connectivity index (χ0) is 13.1. The summed E-state index contributed by atoms with van der Waals surface area (Å²) >= 11 is 5.94. The highest BCUT2D eigenvalue weighted by Crippen LogP contribution is 2.35. The monoisotopic (exact) mass is 289 g/mol. The van der Waals surface area contributed by atoms with Crippen LogP contribution in [-0.2, 0) is 17.3 Å². The molecule has 1 fully saturated rings. The molecule has 0 unspecified atom stereocenters. The molecular weight excluding hydrogens is 274 g/mol. The van der Waals surface area contributed by atoms with E-state index in [0.717, 1.165) is 36.7 Å². The van der Waals surface area contributed by atoms with Crippen LogP contribution in [0.2, 0.25) is 5.02 Å². The third-order valence-corrected chi connectivity index (χ3v) is 4.55. The third-order valence-electron chi connectivity index (χ3n) is 2.98. The van der Waals surface area contributed by atoms with E-state index < -0.39 is 10.8 Å². The lowest BCUT2D eigenvalue weighted by molar-refractivity contribution is 0.290. The van der Waals surface area contributed by atoms with Crippen molar-refractivity contribution in [2.45, 2.75) is 6.54 Å². The van der Waals surface area contributed by atoms with Crippen LogP contribution in [0.15, 0.2) is 12.1 Å². The normalized spacial score (nSPS) is 17.9. The highest BCUT2D eigenvalue weighted by Gasteiger charge is 2.16. The molecule has 2 rings (SSSR count). The van der Waals surface area contributed by atoms with Crippen LogP contribution in [0.25, 0.3) is 0 Å². The highest BCUT2D eigenvalue weighted by atomic mass is 35.5. The molecule has 1 saturated heterocycles. The summed E-state index contributed by atoms with van der Waals surface area (Å²) in [6.45, 7) is 2.38. The van der Waals surface area contributed by atoms with Crippen LogP contribution in [0.5, 0.6) is 11.5 Å². The van der Waals surface area contributed by atoms with Gasteiger partial charge < -0.3 is 9.84 Å². The Morgan fingerprint density at radius 3 is 2.72 bits per heavy atom. The minimum Gasteiger partial charge on any atom is -0.503 e. The Balaban J connectivity index is 2.09. The van der Waals surface area contributed by atoms with E-state index in [2.05, 4.69) is 4.90 Å². The molecule has 4 nitrogen and oxygen atoms in total. The van der Waals surface area contributed by atoms with Crippen molar-refractivity contribution in [3.8, 4) is 11.5 Å². The molecule has 6 heteroatoms. The summed E-state index contributed by atoms with van der Waals surface area (Å²) in [5.74, 6) is 1.81. The second-order valence-electron chi connectivity index (χ2n) is 4.25. The number of ether oxygens (including phenoxy) is 1. The second-order valence-corrected chi connectivity index (χ2v) is 6.36. The summed E-state index contributed by atoms with van der Waals surface area (Å²) in [6, 6.07) is 3.53. The number of methoxy groups -OCH3 is 1. The van der Waals surface area contributed by atoms with Crippen molar-refractivity contribution in [3.63, 3.8) is 0 Å². The molecule has 1 aliphatic heterocycles. The molecular formula is C12H16ClNO3S. The van der Waals surface area contributed by atoms with Crippen LogP contribution < -0.4 is 4.74 Å². The summed E-state index contributed by atoms with van der Waals surface area (Å²) in [7, 11) is 0.834. The van der Waals surface area contributed by atoms with Gasteiger partial charge in [0.05, 0.1) is 12.1 Å². The molecule has 0 bridgehead atoms. The average Bonchev–Trinajstić information content (AvgIpc) is 2.36. The molecule has 1 heterocycles. The number of nitrogens with zero attached hydrogens (tertiary/aromatic N) is 1. The van der Waals surface area contributed by atoms with Crippen LogP contribution in [0, 0.1) is 0 Å². The van der Waals surface area contributed by atoms with Gasteiger partial charge in [-0.1, -0.05) is 11.6 Å². The Morgan fingerprint density at radius 1 is 1.44 bits per heavy atom. The number of phenols is 1. The standard InChI is InChI=1S/C12H16ClNO3S/c1-17-11-7-9(6-10(13)12(11)15)8-14-2-4-18(16)5-3-14/h6-7,15H,2-5,8H2,1H3. The van der Waals surface area contributed by atoms with Gasteiger partial charge in [-0.25, -0.2) is 0 Å². The SMILES string of the molecule is COc1cc(CN2CCS(=O)CC2)cc(Cl)c1O. The molecule has 1 N–H and O–H groups in total. The van der Waals surface area contributed by atoms with E-state index in [1.807, 2.05) is 0 Å². The number of benzene rings is 1. The number of phenolic OH excluding ortho intramolecular Hbond substituents is 1. The van der Waals surface area contributed by atoms with Crippen LogP contribution in [0.3, 0.4) is 0 Å². The zero-order valence-corrected chi connectivity index (χ0v) is 11.8. The topological polar surface area (TPSA) is 49.8 Å². The van der Waals surface area contributed by atoms with E-state index in [9.17, 15) is 9.32 Å². The lowest BCUT2D eigenvalue weighted by Crippen LogP contribution is -2.37. The first-order chi connectivity index (χ1) is 8.60. The predicted molar refractivity (Wildman–Crippen MR) is 72.8 cm³/mol. The lowest BCUT2D eigenvalue weighted by atomic mass is 10.2. The van der Waals surface area contributed by atoms with Gasteiger partial charge in [-0.15, -0.1) is 0 Å². The van der Waals surface area contributed by atoms with Crippen molar-refractivity contribution in [3.05, 3.63) is 22.7 Å². The lowest BCUT2D eigenvalue weighted by Gasteiger charge is -2.26. The van der Waals surface area contributed by atoms with Gasteiger partial charge in [0.2, 0.25) is 0 Å². The van der Waals surface area contributed by atoms with Gasteiger partial charge >= 0.3 is 0 Å². The fraction of sp³-hybridized carbons (Fsp3) is 0.500. The quantitative estimate of drug-likeness (QED) is 0.919. The molecule has 0 saturated carbocycles. The molecule has 100 valence electrons. The van der Waals surface area contributed by atoms with Gasteiger partial charge in [0.15, 0.2) is 11.5 Å². The van der Waals surface area contributed by atoms with Crippen molar-refractivity contribution in [1.29, 1.82) is 0 Å². The van der Waals surface area contributed by atoms with Crippen LogP contribution in [0.1, 0.15) is 5.56 Å². The molecule has 1 aliphatic rings. The Bertz CT molecular complexity index is 457.